The fourth-order valence-electron chi connectivity index (χ4n) is 1.37. The van der Waals surface area contributed by atoms with Gasteiger partial charge in [-0.25, -0.2) is 0 Å². The van der Waals surface area contributed by atoms with Gasteiger partial charge in [-0.2, -0.15) is 0 Å². The number of benzene rings is 1. The van der Waals surface area contributed by atoms with Crippen molar-refractivity contribution in [2.75, 3.05) is 6.61 Å². The van der Waals surface area contributed by atoms with E-state index in [1.54, 1.807) is 11.8 Å². The molecule has 0 fully saturated rings. The molecule has 0 saturated carbocycles. The van der Waals surface area contributed by atoms with Crippen molar-refractivity contribution in [3.8, 4) is 0 Å². The average molecular weight is 274 g/mol. The van der Waals surface area contributed by atoms with Crippen LogP contribution in [0.25, 0.3) is 0 Å². The maximum atomic E-state index is 9.10. The van der Waals surface area contributed by atoms with Gasteiger partial charge in [0, 0.05) is 27.8 Å². The van der Waals surface area contributed by atoms with Crippen LogP contribution in [-0.2, 0) is 6.54 Å². The van der Waals surface area contributed by atoms with Crippen LogP contribution in [-0.4, -0.2) is 23.0 Å². The minimum atomic E-state index is 0.185. The molecule has 17 heavy (non-hydrogen) atoms. The number of hydrogen-bond acceptors (Lipinski definition) is 3. The summed E-state index contributed by atoms with van der Waals surface area (Å²) in [6, 6.07) is 6.36. The second-order valence-electron chi connectivity index (χ2n) is 4.40. The van der Waals surface area contributed by atoms with Gasteiger partial charge in [0.05, 0.1) is 6.61 Å². The predicted molar refractivity (Wildman–Crippen MR) is 75.8 cm³/mol. The van der Waals surface area contributed by atoms with Crippen molar-refractivity contribution < 1.29 is 5.11 Å². The number of thioether (sulfide) groups is 1. The molecule has 2 nitrogen and oxygen atoms in total. The van der Waals surface area contributed by atoms with Crippen LogP contribution < -0.4 is 5.32 Å². The second-order valence-corrected chi connectivity index (χ2v) is 6.32. The third-order valence-electron chi connectivity index (χ3n) is 2.31. The monoisotopic (exact) mass is 273 g/mol. The SMILES string of the molecule is CC(C)NCc1cc(Cl)ccc1SC(C)CO. The molecular formula is C13H20ClNOS. The molecule has 1 unspecified atom stereocenters. The van der Waals surface area contributed by atoms with Crippen molar-refractivity contribution in [3.05, 3.63) is 28.8 Å². The summed E-state index contributed by atoms with van der Waals surface area (Å²) in [5, 5.41) is 13.4. The molecule has 0 aliphatic carbocycles. The summed E-state index contributed by atoms with van der Waals surface area (Å²) in [5.41, 5.74) is 1.19. The second kappa shape index (κ2) is 7.27. The topological polar surface area (TPSA) is 32.3 Å². The molecule has 1 aromatic rings. The first-order chi connectivity index (χ1) is 8.02. The van der Waals surface area contributed by atoms with Crippen molar-refractivity contribution in [3.63, 3.8) is 0 Å². The summed E-state index contributed by atoms with van der Waals surface area (Å²) in [5.74, 6) is 0. The molecule has 1 aromatic carbocycles. The Balaban J connectivity index is 2.79. The highest BCUT2D eigenvalue weighted by atomic mass is 35.5. The number of aliphatic hydroxyl groups is 1. The van der Waals surface area contributed by atoms with Gasteiger partial charge in [-0.15, -0.1) is 11.8 Å². The molecule has 0 heterocycles. The van der Waals surface area contributed by atoms with Gasteiger partial charge in [-0.3, -0.25) is 0 Å². The van der Waals surface area contributed by atoms with Crippen molar-refractivity contribution in [1.82, 2.24) is 5.32 Å². The van der Waals surface area contributed by atoms with Crippen molar-refractivity contribution >= 4 is 23.4 Å². The standard InChI is InChI=1S/C13H20ClNOS/c1-9(2)15-7-11-6-12(14)4-5-13(11)17-10(3)8-16/h4-6,9-10,15-16H,7-8H2,1-3H3. The highest BCUT2D eigenvalue weighted by molar-refractivity contribution is 8.00. The zero-order valence-electron chi connectivity index (χ0n) is 10.5. The minimum absolute atomic E-state index is 0.185. The van der Waals surface area contributed by atoms with Crippen molar-refractivity contribution in [2.45, 2.75) is 43.5 Å². The van der Waals surface area contributed by atoms with Crippen LogP contribution in [0.3, 0.4) is 0 Å². The fourth-order valence-corrected chi connectivity index (χ4v) is 2.50. The van der Waals surface area contributed by atoms with Gasteiger partial charge < -0.3 is 10.4 Å². The van der Waals surface area contributed by atoms with Gasteiger partial charge in [0.25, 0.3) is 0 Å². The molecule has 0 saturated heterocycles. The van der Waals surface area contributed by atoms with E-state index in [4.69, 9.17) is 16.7 Å². The molecule has 0 bridgehead atoms. The first-order valence-electron chi connectivity index (χ1n) is 5.82. The van der Waals surface area contributed by atoms with Gasteiger partial charge in [0.2, 0.25) is 0 Å². The zero-order valence-corrected chi connectivity index (χ0v) is 12.1. The van der Waals surface area contributed by atoms with Crippen LogP contribution in [0, 0.1) is 0 Å². The average Bonchev–Trinajstić information content (AvgIpc) is 2.29. The van der Waals surface area contributed by atoms with Crippen LogP contribution >= 0.6 is 23.4 Å². The summed E-state index contributed by atoms with van der Waals surface area (Å²) in [4.78, 5) is 1.18. The van der Waals surface area contributed by atoms with Gasteiger partial charge in [-0.1, -0.05) is 32.4 Å². The Hall–Kier alpha value is -0.220. The van der Waals surface area contributed by atoms with Crippen LogP contribution in [0.15, 0.2) is 23.1 Å². The Kier molecular flexibility index (Phi) is 6.34. The van der Waals surface area contributed by atoms with Crippen molar-refractivity contribution in [1.29, 1.82) is 0 Å². The van der Waals surface area contributed by atoms with Gasteiger partial charge >= 0.3 is 0 Å². The Morgan fingerprint density at radius 2 is 2.06 bits per heavy atom. The van der Waals surface area contributed by atoms with E-state index in [0.717, 1.165) is 11.6 Å². The van der Waals surface area contributed by atoms with Crippen molar-refractivity contribution in [2.24, 2.45) is 0 Å². The summed E-state index contributed by atoms with van der Waals surface area (Å²) < 4.78 is 0. The van der Waals surface area contributed by atoms with Crippen LogP contribution in [0.2, 0.25) is 5.02 Å². The third-order valence-corrected chi connectivity index (χ3v) is 3.75. The summed E-state index contributed by atoms with van der Waals surface area (Å²) in [6.07, 6.45) is 0. The number of aliphatic hydroxyl groups excluding tert-OH is 1. The van der Waals surface area contributed by atoms with E-state index in [9.17, 15) is 0 Å². The lowest BCUT2D eigenvalue weighted by molar-refractivity contribution is 0.300. The molecule has 96 valence electrons. The highest BCUT2D eigenvalue weighted by Crippen LogP contribution is 2.28. The third kappa shape index (κ3) is 5.30. The lowest BCUT2D eigenvalue weighted by Gasteiger charge is -2.15. The summed E-state index contributed by atoms with van der Waals surface area (Å²) in [7, 11) is 0. The molecule has 0 aliphatic heterocycles. The Morgan fingerprint density at radius 1 is 1.35 bits per heavy atom. The Bertz CT molecular complexity index is 357. The number of rotatable bonds is 6. The molecule has 0 spiro atoms. The first kappa shape index (κ1) is 14.8. The normalized spacial score (nSPS) is 13.1. The molecule has 0 aromatic heterocycles. The largest absolute Gasteiger partial charge is 0.395 e. The molecule has 0 aliphatic rings. The predicted octanol–water partition coefficient (Wildman–Crippen LogP) is 3.31. The molecule has 1 atom stereocenters. The van der Waals surface area contributed by atoms with Gasteiger partial charge in [0.1, 0.15) is 0 Å². The van der Waals surface area contributed by atoms with E-state index in [2.05, 4.69) is 19.2 Å². The molecule has 0 amide bonds. The number of halogens is 1. The Morgan fingerprint density at radius 3 is 2.65 bits per heavy atom. The minimum Gasteiger partial charge on any atom is -0.395 e. The molecule has 1 rings (SSSR count). The maximum absolute atomic E-state index is 9.10. The zero-order chi connectivity index (χ0) is 12.8. The number of nitrogens with one attached hydrogen (secondary N) is 1. The molecule has 0 radical (unpaired) electrons. The Labute approximate surface area is 113 Å². The fraction of sp³-hybridized carbons (Fsp3) is 0.538. The van der Waals surface area contributed by atoms with E-state index in [-0.39, 0.29) is 11.9 Å². The van der Waals surface area contributed by atoms with E-state index in [0.29, 0.717) is 6.04 Å². The van der Waals surface area contributed by atoms with E-state index >= 15 is 0 Å². The van der Waals surface area contributed by atoms with E-state index in [1.165, 1.54) is 10.5 Å². The van der Waals surface area contributed by atoms with Crippen LogP contribution in [0.1, 0.15) is 26.3 Å². The summed E-state index contributed by atoms with van der Waals surface area (Å²) in [6.45, 7) is 7.24. The molecule has 2 N–H and O–H groups in total. The van der Waals surface area contributed by atoms with Crippen LogP contribution in [0.4, 0.5) is 0 Å². The van der Waals surface area contributed by atoms with E-state index < -0.39 is 0 Å². The lowest BCUT2D eigenvalue weighted by Crippen LogP contribution is -2.22. The smallest absolute Gasteiger partial charge is 0.0550 e. The van der Waals surface area contributed by atoms with Gasteiger partial charge in [-0.05, 0) is 23.8 Å². The summed E-state index contributed by atoms with van der Waals surface area (Å²) >= 11 is 7.70. The van der Waals surface area contributed by atoms with Crippen LogP contribution in [0.5, 0.6) is 0 Å². The van der Waals surface area contributed by atoms with E-state index in [1.807, 2.05) is 25.1 Å². The molecule has 4 heteroatoms. The number of hydrogen-bond donors (Lipinski definition) is 2. The first-order valence-corrected chi connectivity index (χ1v) is 7.08. The maximum Gasteiger partial charge on any atom is 0.0550 e. The van der Waals surface area contributed by atoms with Gasteiger partial charge in [0.15, 0.2) is 0 Å². The molecular weight excluding hydrogens is 254 g/mol. The highest BCUT2D eigenvalue weighted by Gasteiger charge is 2.08. The quantitative estimate of drug-likeness (QED) is 0.780. The lowest BCUT2D eigenvalue weighted by atomic mass is 10.2.